The molecule has 1 atom stereocenters. The molecule has 1 fully saturated rings. The Labute approximate surface area is 164 Å². The lowest BCUT2D eigenvalue weighted by molar-refractivity contribution is -0.119. The van der Waals surface area contributed by atoms with Crippen LogP contribution in [0, 0.1) is 23.7 Å². The Bertz CT molecular complexity index is 992. The molecule has 146 valence electrons. The molecule has 7 nitrogen and oxygen atoms in total. The second-order valence-electron chi connectivity index (χ2n) is 7.74. The standard InChI is InChI=1S/C21H24N4O3/c1-11-18(12-5-6-15(16(7-12)27-4)28-10-17(23)26)13(9-22)20(24)25-19(11)14-8-21(14,2)3/h5-7,14H,8,10H2,1-4H3,(H2,23,26)(H2,24,25)/t14-/m1/s1. The monoisotopic (exact) mass is 380 g/mol. The largest absolute Gasteiger partial charge is 0.493 e. The number of benzene rings is 1. The molecule has 4 N–H and O–H groups in total. The molecular formula is C21H24N4O3. The average molecular weight is 380 g/mol. The molecule has 3 rings (SSSR count). The number of carbonyl (C=O) groups excluding carboxylic acids is 1. The van der Waals surface area contributed by atoms with Gasteiger partial charge in [-0.2, -0.15) is 5.26 Å². The second-order valence-corrected chi connectivity index (χ2v) is 7.74. The number of nitriles is 1. The quantitative estimate of drug-likeness (QED) is 0.794. The summed E-state index contributed by atoms with van der Waals surface area (Å²) in [5.41, 5.74) is 15.2. The van der Waals surface area contributed by atoms with Gasteiger partial charge in [0.1, 0.15) is 17.5 Å². The fourth-order valence-electron chi connectivity index (χ4n) is 3.55. The molecule has 1 amide bonds. The van der Waals surface area contributed by atoms with Crippen LogP contribution in [0.25, 0.3) is 11.1 Å². The molecule has 0 bridgehead atoms. The number of nitrogen functional groups attached to an aromatic ring is 1. The molecule has 1 saturated carbocycles. The summed E-state index contributed by atoms with van der Waals surface area (Å²) in [6, 6.07) is 7.44. The van der Waals surface area contributed by atoms with Crippen LogP contribution in [-0.2, 0) is 4.79 Å². The lowest BCUT2D eigenvalue weighted by atomic mass is 9.92. The molecule has 1 aromatic heterocycles. The zero-order chi connectivity index (χ0) is 20.6. The predicted octanol–water partition coefficient (Wildman–Crippen LogP) is 2.90. The molecule has 0 aliphatic heterocycles. The Kier molecular flexibility index (Phi) is 4.90. The van der Waals surface area contributed by atoms with E-state index in [1.54, 1.807) is 12.1 Å². The van der Waals surface area contributed by atoms with Gasteiger partial charge in [0.2, 0.25) is 0 Å². The molecule has 7 heteroatoms. The molecule has 1 heterocycles. The van der Waals surface area contributed by atoms with Gasteiger partial charge in [-0.25, -0.2) is 4.98 Å². The van der Waals surface area contributed by atoms with Gasteiger partial charge in [0.25, 0.3) is 5.91 Å². The predicted molar refractivity (Wildman–Crippen MR) is 106 cm³/mol. The molecule has 28 heavy (non-hydrogen) atoms. The van der Waals surface area contributed by atoms with Crippen LogP contribution in [0.2, 0.25) is 0 Å². The molecule has 0 unspecified atom stereocenters. The average Bonchev–Trinajstić information content (AvgIpc) is 3.28. The number of carbonyl (C=O) groups is 1. The Morgan fingerprint density at radius 1 is 1.39 bits per heavy atom. The summed E-state index contributed by atoms with van der Waals surface area (Å²) in [6.45, 7) is 6.11. The number of rotatable bonds is 6. The third kappa shape index (κ3) is 3.46. The number of hydrogen-bond acceptors (Lipinski definition) is 6. The van der Waals surface area contributed by atoms with Gasteiger partial charge in [0.05, 0.1) is 12.8 Å². The first-order valence-corrected chi connectivity index (χ1v) is 8.99. The third-order valence-corrected chi connectivity index (χ3v) is 5.28. The molecule has 1 aliphatic rings. The van der Waals surface area contributed by atoms with Gasteiger partial charge in [-0.3, -0.25) is 4.79 Å². The van der Waals surface area contributed by atoms with E-state index in [9.17, 15) is 10.1 Å². The normalized spacial score (nSPS) is 16.9. The lowest BCUT2D eigenvalue weighted by Crippen LogP contribution is -2.20. The minimum absolute atomic E-state index is 0.180. The first kappa shape index (κ1) is 19.5. The van der Waals surface area contributed by atoms with Crippen molar-refractivity contribution in [2.24, 2.45) is 11.1 Å². The number of nitrogens with two attached hydrogens (primary N) is 2. The Balaban J connectivity index is 2.12. The van der Waals surface area contributed by atoms with Crippen molar-refractivity contribution in [3.05, 3.63) is 35.0 Å². The van der Waals surface area contributed by atoms with Crippen molar-refractivity contribution in [2.45, 2.75) is 33.1 Å². The number of primary amides is 1. The highest BCUT2D eigenvalue weighted by Gasteiger charge is 2.48. The Morgan fingerprint density at radius 2 is 2.07 bits per heavy atom. The smallest absolute Gasteiger partial charge is 0.255 e. The molecule has 0 spiro atoms. The SMILES string of the molecule is COc1cc(-c2c(C)c([C@H]3CC3(C)C)nc(N)c2C#N)ccc1OCC(N)=O. The van der Waals surface area contributed by atoms with Gasteiger partial charge in [0.15, 0.2) is 18.1 Å². The second kappa shape index (κ2) is 7.04. The number of anilines is 1. The van der Waals surface area contributed by atoms with Crippen LogP contribution < -0.4 is 20.9 Å². The van der Waals surface area contributed by atoms with E-state index in [0.29, 0.717) is 23.0 Å². The molecule has 0 radical (unpaired) electrons. The highest BCUT2D eigenvalue weighted by molar-refractivity contribution is 5.81. The van der Waals surface area contributed by atoms with E-state index in [-0.39, 0.29) is 17.8 Å². The van der Waals surface area contributed by atoms with Crippen LogP contribution in [0.3, 0.4) is 0 Å². The maximum atomic E-state index is 11.0. The van der Waals surface area contributed by atoms with Crippen LogP contribution in [0.15, 0.2) is 18.2 Å². The number of methoxy groups -OCH3 is 1. The number of ether oxygens (including phenoxy) is 2. The van der Waals surface area contributed by atoms with Crippen LogP contribution in [0.5, 0.6) is 11.5 Å². The maximum Gasteiger partial charge on any atom is 0.255 e. The highest BCUT2D eigenvalue weighted by Crippen LogP contribution is 2.59. The Hall–Kier alpha value is -3.27. The van der Waals surface area contributed by atoms with Gasteiger partial charge >= 0.3 is 0 Å². The van der Waals surface area contributed by atoms with Crippen molar-refractivity contribution in [3.8, 4) is 28.7 Å². The zero-order valence-corrected chi connectivity index (χ0v) is 16.5. The fraction of sp³-hybridized carbons (Fsp3) is 0.381. The van der Waals surface area contributed by atoms with E-state index in [1.807, 2.05) is 13.0 Å². The van der Waals surface area contributed by atoms with E-state index >= 15 is 0 Å². The summed E-state index contributed by atoms with van der Waals surface area (Å²) >= 11 is 0. The van der Waals surface area contributed by atoms with Crippen molar-refractivity contribution in [1.82, 2.24) is 4.98 Å². The lowest BCUT2D eigenvalue weighted by Gasteiger charge is -2.17. The third-order valence-electron chi connectivity index (χ3n) is 5.28. The minimum Gasteiger partial charge on any atom is -0.493 e. The van der Waals surface area contributed by atoms with Crippen molar-refractivity contribution in [3.63, 3.8) is 0 Å². The van der Waals surface area contributed by atoms with E-state index in [4.69, 9.17) is 20.9 Å². The van der Waals surface area contributed by atoms with E-state index in [0.717, 1.165) is 28.8 Å². The van der Waals surface area contributed by atoms with Gasteiger partial charge in [-0.15, -0.1) is 0 Å². The highest BCUT2D eigenvalue weighted by atomic mass is 16.5. The number of nitrogens with zero attached hydrogens (tertiary/aromatic N) is 2. The van der Waals surface area contributed by atoms with Gasteiger partial charge in [-0.1, -0.05) is 19.9 Å². The number of pyridine rings is 1. The summed E-state index contributed by atoms with van der Waals surface area (Å²) in [7, 11) is 1.51. The van der Waals surface area contributed by atoms with E-state index in [1.165, 1.54) is 7.11 Å². The molecule has 2 aromatic rings. The van der Waals surface area contributed by atoms with Crippen LogP contribution in [-0.4, -0.2) is 24.6 Å². The van der Waals surface area contributed by atoms with Crippen LogP contribution >= 0.6 is 0 Å². The summed E-state index contributed by atoms with van der Waals surface area (Å²) in [5.74, 6) is 0.806. The van der Waals surface area contributed by atoms with E-state index in [2.05, 4.69) is 24.9 Å². The molecule has 1 aliphatic carbocycles. The summed E-state index contributed by atoms with van der Waals surface area (Å²) < 4.78 is 10.8. The zero-order valence-electron chi connectivity index (χ0n) is 16.5. The topological polar surface area (TPSA) is 124 Å². The van der Waals surface area contributed by atoms with Gasteiger partial charge in [0, 0.05) is 11.5 Å². The summed E-state index contributed by atoms with van der Waals surface area (Å²) in [4.78, 5) is 15.5. The fourth-order valence-corrected chi connectivity index (χ4v) is 3.55. The molecule has 1 aromatic carbocycles. The first-order valence-electron chi connectivity index (χ1n) is 8.99. The number of amides is 1. The Morgan fingerprint density at radius 3 is 2.61 bits per heavy atom. The van der Waals surface area contributed by atoms with Crippen molar-refractivity contribution >= 4 is 11.7 Å². The minimum atomic E-state index is -0.577. The number of hydrogen-bond donors (Lipinski definition) is 2. The first-order chi connectivity index (χ1) is 13.2. The van der Waals surface area contributed by atoms with Gasteiger partial charge < -0.3 is 20.9 Å². The van der Waals surface area contributed by atoms with Crippen LogP contribution in [0.1, 0.15) is 43.0 Å². The van der Waals surface area contributed by atoms with E-state index < -0.39 is 5.91 Å². The van der Waals surface area contributed by atoms with Crippen molar-refractivity contribution < 1.29 is 14.3 Å². The van der Waals surface area contributed by atoms with Crippen molar-refractivity contribution in [2.75, 3.05) is 19.5 Å². The molecule has 0 saturated heterocycles. The summed E-state index contributed by atoms with van der Waals surface area (Å²) in [6.07, 6.45) is 1.04. The number of aromatic nitrogens is 1. The van der Waals surface area contributed by atoms with Crippen LogP contribution in [0.4, 0.5) is 5.82 Å². The maximum absolute atomic E-state index is 11.0. The van der Waals surface area contributed by atoms with Crippen molar-refractivity contribution in [1.29, 1.82) is 5.26 Å². The summed E-state index contributed by atoms with van der Waals surface area (Å²) in [5, 5.41) is 9.68. The van der Waals surface area contributed by atoms with Gasteiger partial charge in [-0.05, 0) is 42.0 Å². The molecular weight excluding hydrogens is 356 g/mol.